The molecule has 22 heavy (non-hydrogen) atoms. The van der Waals surface area contributed by atoms with Crippen molar-refractivity contribution in [3.8, 4) is 0 Å². The summed E-state index contributed by atoms with van der Waals surface area (Å²) in [4.78, 5) is 14.4. The monoisotopic (exact) mass is 302 g/mol. The van der Waals surface area contributed by atoms with E-state index in [1.807, 2.05) is 6.07 Å². The second-order valence-corrected chi connectivity index (χ2v) is 6.44. The lowest BCUT2D eigenvalue weighted by Gasteiger charge is -2.27. The number of rotatable bonds is 5. The van der Waals surface area contributed by atoms with Crippen molar-refractivity contribution in [2.24, 2.45) is 5.92 Å². The fourth-order valence-electron chi connectivity index (χ4n) is 3.11. The molecule has 1 unspecified atom stereocenters. The molecule has 1 aliphatic heterocycles. The maximum atomic E-state index is 11.9. The largest absolute Gasteiger partial charge is 0.375 e. The molecule has 1 saturated carbocycles. The zero-order chi connectivity index (χ0) is 15.2. The minimum atomic E-state index is 0.107. The lowest BCUT2D eigenvalue weighted by atomic mass is 9.85. The van der Waals surface area contributed by atoms with E-state index in [1.54, 1.807) is 0 Å². The third kappa shape index (κ3) is 4.31. The predicted octanol–water partition coefficient (Wildman–Crippen LogP) is 2.19. The van der Waals surface area contributed by atoms with Crippen LogP contribution in [0.15, 0.2) is 30.3 Å². The number of ether oxygens (including phenoxy) is 1. The van der Waals surface area contributed by atoms with Gasteiger partial charge in [0.15, 0.2) is 0 Å². The Labute approximate surface area is 132 Å². The Morgan fingerprint density at radius 2 is 2.05 bits per heavy atom. The molecule has 120 valence electrons. The molecule has 1 aromatic carbocycles. The van der Waals surface area contributed by atoms with Gasteiger partial charge in [-0.05, 0) is 24.8 Å². The first kappa shape index (κ1) is 15.5. The van der Waals surface area contributed by atoms with Gasteiger partial charge in [0.2, 0.25) is 5.91 Å². The third-order valence-corrected chi connectivity index (χ3v) is 4.66. The van der Waals surface area contributed by atoms with E-state index in [4.69, 9.17) is 4.74 Å². The van der Waals surface area contributed by atoms with Gasteiger partial charge < -0.3 is 10.1 Å². The van der Waals surface area contributed by atoms with Crippen LogP contribution in [0.25, 0.3) is 0 Å². The highest BCUT2D eigenvalue weighted by molar-refractivity contribution is 5.79. The summed E-state index contributed by atoms with van der Waals surface area (Å²) in [5, 5.41) is 3.08. The summed E-state index contributed by atoms with van der Waals surface area (Å²) in [5.41, 5.74) is 1.33. The lowest BCUT2D eigenvalue weighted by molar-refractivity contribution is -0.128. The van der Waals surface area contributed by atoms with Gasteiger partial charge in [-0.15, -0.1) is 0 Å². The van der Waals surface area contributed by atoms with Gasteiger partial charge in [-0.3, -0.25) is 9.69 Å². The fraction of sp³-hybridized carbons (Fsp3) is 0.611. The summed E-state index contributed by atoms with van der Waals surface area (Å²) in [5.74, 6) is 0.472. The average molecular weight is 302 g/mol. The van der Waals surface area contributed by atoms with Crippen molar-refractivity contribution in [2.45, 2.75) is 38.3 Å². The first-order chi connectivity index (χ1) is 10.8. The molecule has 4 heteroatoms. The van der Waals surface area contributed by atoms with Crippen LogP contribution in [0, 0.1) is 5.92 Å². The van der Waals surface area contributed by atoms with Crippen LogP contribution in [-0.4, -0.2) is 43.2 Å². The molecule has 1 N–H and O–H groups in total. The molecule has 0 aromatic heterocycles. The number of carbonyl (C=O) groups is 1. The Morgan fingerprint density at radius 1 is 1.23 bits per heavy atom. The van der Waals surface area contributed by atoms with Gasteiger partial charge in [0.05, 0.1) is 6.10 Å². The van der Waals surface area contributed by atoms with Crippen molar-refractivity contribution in [1.29, 1.82) is 0 Å². The van der Waals surface area contributed by atoms with Crippen molar-refractivity contribution in [1.82, 2.24) is 10.2 Å². The highest BCUT2D eigenvalue weighted by atomic mass is 16.5. The number of hydrogen-bond acceptors (Lipinski definition) is 3. The molecule has 0 spiro atoms. The Hall–Kier alpha value is -1.39. The molecule has 4 nitrogen and oxygen atoms in total. The van der Waals surface area contributed by atoms with Crippen LogP contribution < -0.4 is 5.32 Å². The number of nitrogens with one attached hydrogen (secondary N) is 1. The van der Waals surface area contributed by atoms with Gasteiger partial charge in [-0.1, -0.05) is 36.8 Å². The van der Waals surface area contributed by atoms with Crippen LogP contribution in [0.3, 0.4) is 0 Å². The summed E-state index contributed by atoms with van der Waals surface area (Å²) >= 11 is 0. The van der Waals surface area contributed by atoms with E-state index in [-0.39, 0.29) is 17.9 Å². The number of benzene rings is 1. The zero-order valence-corrected chi connectivity index (χ0v) is 13.2. The van der Waals surface area contributed by atoms with Crippen molar-refractivity contribution in [3.63, 3.8) is 0 Å². The average Bonchev–Trinajstić information content (AvgIpc) is 2.70. The molecule has 3 rings (SSSR count). The second kappa shape index (κ2) is 7.75. The minimum Gasteiger partial charge on any atom is -0.375 e. The van der Waals surface area contributed by atoms with Crippen molar-refractivity contribution >= 4 is 5.91 Å². The molecule has 1 aliphatic carbocycles. The van der Waals surface area contributed by atoms with Gasteiger partial charge in [-0.25, -0.2) is 0 Å². The maximum Gasteiger partial charge on any atom is 0.223 e. The van der Waals surface area contributed by atoms with Gasteiger partial charge >= 0.3 is 0 Å². The smallest absolute Gasteiger partial charge is 0.223 e. The van der Waals surface area contributed by atoms with E-state index in [0.717, 1.165) is 45.5 Å². The lowest BCUT2D eigenvalue weighted by Crippen LogP contribution is -2.43. The number of amides is 1. The SMILES string of the molecule is O=C(NCC1CN(Cc2ccccc2)CCCO1)C1CCC1. The molecular formula is C18H26N2O2. The van der Waals surface area contributed by atoms with E-state index >= 15 is 0 Å². The van der Waals surface area contributed by atoms with Gasteiger partial charge in [-0.2, -0.15) is 0 Å². The topological polar surface area (TPSA) is 41.6 Å². The Morgan fingerprint density at radius 3 is 2.77 bits per heavy atom. The van der Waals surface area contributed by atoms with Crippen LogP contribution in [0.2, 0.25) is 0 Å². The summed E-state index contributed by atoms with van der Waals surface area (Å²) in [6, 6.07) is 10.5. The van der Waals surface area contributed by atoms with Crippen LogP contribution in [0.5, 0.6) is 0 Å². The Bertz CT molecular complexity index is 473. The van der Waals surface area contributed by atoms with Crippen molar-refractivity contribution in [2.75, 3.05) is 26.2 Å². The zero-order valence-electron chi connectivity index (χ0n) is 13.2. The van der Waals surface area contributed by atoms with E-state index in [2.05, 4.69) is 34.5 Å². The first-order valence-electron chi connectivity index (χ1n) is 8.47. The Kier molecular flexibility index (Phi) is 5.46. The molecule has 0 radical (unpaired) electrons. The van der Waals surface area contributed by atoms with Crippen LogP contribution >= 0.6 is 0 Å². The molecule has 2 aliphatic rings. The maximum absolute atomic E-state index is 11.9. The standard InChI is InChI=1S/C18H26N2O2/c21-18(16-8-4-9-16)19-12-17-14-20(10-5-11-22-17)13-15-6-2-1-3-7-15/h1-3,6-7,16-17H,4-5,8-14H2,(H,19,21). The van der Waals surface area contributed by atoms with Gasteiger partial charge in [0.1, 0.15) is 0 Å². The number of nitrogens with zero attached hydrogens (tertiary/aromatic N) is 1. The predicted molar refractivity (Wildman–Crippen MR) is 86.4 cm³/mol. The first-order valence-corrected chi connectivity index (χ1v) is 8.47. The van der Waals surface area contributed by atoms with E-state index in [9.17, 15) is 4.79 Å². The van der Waals surface area contributed by atoms with E-state index in [1.165, 1.54) is 12.0 Å². The second-order valence-electron chi connectivity index (χ2n) is 6.44. The molecule has 0 bridgehead atoms. The van der Waals surface area contributed by atoms with Gasteiger partial charge in [0.25, 0.3) is 0 Å². The normalized spacial score (nSPS) is 23.5. The van der Waals surface area contributed by atoms with Gasteiger partial charge in [0, 0.05) is 38.7 Å². The molecule has 1 atom stereocenters. The highest BCUT2D eigenvalue weighted by Crippen LogP contribution is 2.26. The quantitative estimate of drug-likeness (QED) is 0.906. The molecule has 1 aromatic rings. The third-order valence-electron chi connectivity index (χ3n) is 4.66. The summed E-state index contributed by atoms with van der Waals surface area (Å²) in [7, 11) is 0. The number of carbonyl (C=O) groups excluding carboxylic acids is 1. The van der Waals surface area contributed by atoms with E-state index in [0.29, 0.717) is 6.54 Å². The van der Waals surface area contributed by atoms with E-state index < -0.39 is 0 Å². The minimum absolute atomic E-state index is 0.107. The molecule has 1 amide bonds. The highest BCUT2D eigenvalue weighted by Gasteiger charge is 2.26. The number of hydrogen-bond donors (Lipinski definition) is 1. The molecule has 2 fully saturated rings. The van der Waals surface area contributed by atoms with Crippen molar-refractivity contribution < 1.29 is 9.53 Å². The molecular weight excluding hydrogens is 276 g/mol. The summed E-state index contributed by atoms with van der Waals surface area (Å²) < 4.78 is 5.90. The van der Waals surface area contributed by atoms with Crippen LogP contribution in [0.4, 0.5) is 0 Å². The van der Waals surface area contributed by atoms with Crippen LogP contribution in [0.1, 0.15) is 31.2 Å². The molecule has 1 saturated heterocycles. The summed E-state index contributed by atoms with van der Waals surface area (Å²) in [6.07, 6.45) is 4.47. The summed E-state index contributed by atoms with van der Waals surface area (Å²) in [6.45, 7) is 4.33. The van der Waals surface area contributed by atoms with Crippen molar-refractivity contribution in [3.05, 3.63) is 35.9 Å². The molecule has 1 heterocycles. The van der Waals surface area contributed by atoms with Crippen LogP contribution in [-0.2, 0) is 16.1 Å². The fourth-order valence-corrected chi connectivity index (χ4v) is 3.11. The Balaban J connectivity index is 1.48.